The largest absolute Gasteiger partial charge is 0.288 e. The second-order valence-corrected chi connectivity index (χ2v) is 7.84. The number of hydrogen-bond acceptors (Lipinski definition) is 3. The molecule has 144 valence electrons. The molecule has 0 aliphatic heterocycles. The van der Waals surface area contributed by atoms with Crippen LogP contribution < -0.4 is 5.56 Å². The van der Waals surface area contributed by atoms with Crippen LogP contribution in [-0.4, -0.2) is 15.6 Å². The molecule has 0 N–H and O–H groups in total. The van der Waals surface area contributed by atoms with E-state index in [2.05, 4.69) is 5.10 Å². The molecule has 0 fully saturated rings. The van der Waals surface area contributed by atoms with E-state index in [1.54, 1.807) is 19.2 Å². The number of aryl methyl sites for hydroxylation is 2. The summed E-state index contributed by atoms with van der Waals surface area (Å²) in [6.07, 6.45) is 0. The van der Waals surface area contributed by atoms with Crippen LogP contribution in [0.5, 0.6) is 0 Å². The van der Waals surface area contributed by atoms with Crippen molar-refractivity contribution in [2.75, 3.05) is 0 Å². The summed E-state index contributed by atoms with van der Waals surface area (Å²) in [5.74, 6) is -0.399. The van der Waals surface area contributed by atoms with E-state index in [9.17, 15) is 9.59 Å². The van der Waals surface area contributed by atoms with E-state index in [0.29, 0.717) is 10.6 Å². The van der Waals surface area contributed by atoms with Crippen LogP contribution in [0.4, 0.5) is 0 Å². The normalized spacial score (nSPS) is 12.1. The fraction of sp³-hybridized carbons (Fsp3) is 0.190. The highest BCUT2D eigenvalue weighted by molar-refractivity contribution is 6.43. The minimum absolute atomic E-state index is 0.115. The maximum Gasteiger partial charge on any atom is 0.266 e. The molecule has 28 heavy (non-hydrogen) atoms. The lowest BCUT2D eigenvalue weighted by molar-refractivity contribution is 0.103. The van der Waals surface area contributed by atoms with Crippen LogP contribution in [-0.2, 0) is 7.05 Å². The Bertz CT molecular complexity index is 1120. The summed E-state index contributed by atoms with van der Waals surface area (Å²) in [6, 6.07) is 11.6. The topological polar surface area (TPSA) is 52.0 Å². The van der Waals surface area contributed by atoms with Crippen molar-refractivity contribution >= 4 is 40.6 Å². The van der Waals surface area contributed by atoms with Gasteiger partial charge in [-0.05, 0) is 42.3 Å². The molecule has 4 nitrogen and oxygen atoms in total. The summed E-state index contributed by atoms with van der Waals surface area (Å²) in [6.45, 7) is 3.94. The van der Waals surface area contributed by atoms with Gasteiger partial charge in [-0.3, -0.25) is 9.59 Å². The van der Waals surface area contributed by atoms with Gasteiger partial charge in [0.05, 0.1) is 21.3 Å². The molecule has 1 aromatic heterocycles. The van der Waals surface area contributed by atoms with Gasteiger partial charge in [-0.1, -0.05) is 53.9 Å². The summed E-state index contributed by atoms with van der Waals surface area (Å²) < 4.78 is 1.30. The van der Waals surface area contributed by atoms with Crippen molar-refractivity contribution in [1.82, 2.24) is 9.78 Å². The summed E-state index contributed by atoms with van der Waals surface area (Å²) in [4.78, 5) is 24.7. The molecule has 0 bridgehead atoms. The molecule has 3 rings (SSSR count). The van der Waals surface area contributed by atoms with Crippen LogP contribution in [0.25, 0.3) is 0 Å². The minimum Gasteiger partial charge on any atom is -0.288 e. The Morgan fingerprint density at radius 1 is 1.04 bits per heavy atom. The molecular formula is C21H17Cl3N2O2. The molecule has 0 aliphatic rings. The van der Waals surface area contributed by atoms with Gasteiger partial charge in [0.15, 0.2) is 5.78 Å². The quantitative estimate of drug-likeness (QED) is 0.513. The van der Waals surface area contributed by atoms with E-state index in [1.165, 1.54) is 22.9 Å². The Balaban J connectivity index is 2.05. The van der Waals surface area contributed by atoms with Gasteiger partial charge in [0.1, 0.15) is 0 Å². The van der Waals surface area contributed by atoms with Gasteiger partial charge in [0.25, 0.3) is 5.56 Å². The predicted octanol–water partition coefficient (Wildman–Crippen LogP) is 5.43. The molecule has 0 saturated heterocycles. The average molecular weight is 436 g/mol. The monoisotopic (exact) mass is 434 g/mol. The van der Waals surface area contributed by atoms with Crippen molar-refractivity contribution in [1.29, 1.82) is 0 Å². The molecule has 7 heteroatoms. The number of nitrogens with zero attached hydrogens (tertiary/aromatic N) is 2. The average Bonchev–Trinajstić information content (AvgIpc) is 2.63. The van der Waals surface area contributed by atoms with Crippen molar-refractivity contribution in [3.8, 4) is 0 Å². The minimum atomic E-state index is -0.284. The molecule has 0 radical (unpaired) electrons. The van der Waals surface area contributed by atoms with Crippen LogP contribution >= 0.6 is 34.8 Å². The lowest BCUT2D eigenvalue weighted by Crippen LogP contribution is -2.20. The van der Waals surface area contributed by atoms with Crippen molar-refractivity contribution in [3.63, 3.8) is 0 Å². The number of aromatic nitrogens is 2. The number of ketones is 1. The highest BCUT2D eigenvalue weighted by atomic mass is 35.5. The van der Waals surface area contributed by atoms with E-state index in [-0.39, 0.29) is 32.9 Å². The third kappa shape index (κ3) is 4.00. The number of hydrogen-bond donors (Lipinski definition) is 0. The first-order valence-electron chi connectivity index (χ1n) is 8.53. The fourth-order valence-electron chi connectivity index (χ4n) is 3.06. The summed E-state index contributed by atoms with van der Waals surface area (Å²) in [5, 5.41) is 5.10. The predicted molar refractivity (Wildman–Crippen MR) is 113 cm³/mol. The molecule has 3 aromatic rings. The summed E-state index contributed by atoms with van der Waals surface area (Å²) in [5.41, 5.74) is 3.17. The summed E-state index contributed by atoms with van der Waals surface area (Å²) in [7, 11) is 1.61. The van der Waals surface area contributed by atoms with Gasteiger partial charge in [-0.15, -0.1) is 0 Å². The third-order valence-corrected chi connectivity index (χ3v) is 5.48. The van der Waals surface area contributed by atoms with E-state index < -0.39 is 0 Å². The van der Waals surface area contributed by atoms with Gasteiger partial charge in [-0.2, -0.15) is 5.10 Å². The standard InChI is InChI=1S/C21H17Cl3N2O2/c1-11-4-5-13(21(28)20-16(23)9-14(22)10-17(20)24)8-15(11)12(2)18-6-7-19(27)26(3)25-18/h4-10,12H,1-3H3. The molecular weight excluding hydrogens is 419 g/mol. The molecule has 2 aromatic carbocycles. The molecule has 0 saturated carbocycles. The Kier molecular flexibility index (Phi) is 5.94. The van der Waals surface area contributed by atoms with Crippen LogP contribution in [0.2, 0.25) is 15.1 Å². The van der Waals surface area contributed by atoms with Crippen molar-refractivity contribution in [2.24, 2.45) is 7.05 Å². The number of carbonyl (C=O) groups excluding carboxylic acids is 1. The van der Waals surface area contributed by atoms with Crippen molar-refractivity contribution in [2.45, 2.75) is 19.8 Å². The van der Waals surface area contributed by atoms with E-state index in [4.69, 9.17) is 34.8 Å². The lowest BCUT2D eigenvalue weighted by Gasteiger charge is -2.16. The van der Waals surface area contributed by atoms with Gasteiger partial charge >= 0.3 is 0 Å². The Morgan fingerprint density at radius 2 is 1.68 bits per heavy atom. The number of carbonyl (C=O) groups is 1. The molecule has 1 atom stereocenters. The Hall–Kier alpha value is -2.14. The number of rotatable bonds is 4. The molecule has 1 heterocycles. The maximum absolute atomic E-state index is 13.0. The molecule has 0 spiro atoms. The molecule has 0 amide bonds. The van der Waals surface area contributed by atoms with Crippen LogP contribution in [0.3, 0.4) is 0 Å². The molecule has 1 unspecified atom stereocenters. The number of benzene rings is 2. The zero-order chi connectivity index (χ0) is 20.6. The van der Waals surface area contributed by atoms with E-state index >= 15 is 0 Å². The van der Waals surface area contributed by atoms with E-state index in [1.807, 2.05) is 26.0 Å². The van der Waals surface area contributed by atoms with Crippen LogP contribution in [0.15, 0.2) is 47.3 Å². The first-order valence-corrected chi connectivity index (χ1v) is 9.66. The SMILES string of the molecule is Cc1ccc(C(=O)c2c(Cl)cc(Cl)cc2Cl)cc1C(C)c1ccc(=O)n(C)n1. The van der Waals surface area contributed by atoms with Gasteiger partial charge in [0.2, 0.25) is 0 Å². The second kappa shape index (κ2) is 8.08. The zero-order valence-electron chi connectivity index (χ0n) is 15.5. The van der Waals surface area contributed by atoms with Crippen molar-refractivity contribution < 1.29 is 4.79 Å². The Morgan fingerprint density at radius 3 is 2.29 bits per heavy atom. The number of halogens is 3. The first-order chi connectivity index (χ1) is 13.2. The van der Waals surface area contributed by atoms with Crippen LogP contribution in [0.1, 0.15) is 45.6 Å². The zero-order valence-corrected chi connectivity index (χ0v) is 17.7. The smallest absolute Gasteiger partial charge is 0.266 e. The fourth-order valence-corrected chi connectivity index (χ4v) is 4.05. The highest BCUT2D eigenvalue weighted by Crippen LogP contribution is 2.32. The van der Waals surface area contributed by atoms with E-state index in [0.717, 1.165) is 16.8 Å². The maximum atomic E-state index is 13.0. The first kappa shape index (κ1) is 20.6. The molecule has 0 aliphatic carbocycles. The summed E-state index contributed by atoms with van der Waals surface area (Å²) >= 11 is 18.4. The van der Waals surface area contributed by atoms with Gasteiger partial charge < -0.3 is 0 Å². The van der Waals surface area contributed by atoms with Crippen LogP contribution in [0, 0.1) is 6.92 Å². The second-order valence-electron chi connectivity index (χ2n) is 6.59. The lowest BCUT2D eigenvalue weighted by atomic mass is 9.90. The van der Waals surface area contributed by atoms with Crippen molar-refractivity contribution in [3.05, 3.63) is 95.8 Å². The van der Waals surface area contributed by atoms with Gasteiger partial charge in [-0.25, -0.2) is 4.68 Å². The van der Waals surface area contributed by atoms with Gasteiger partial charge in [0, 0.05) is 29.6 Å². The third-order valence-electron chi connectivity index (χ3n) is 4.67. The Labute approximate surface area is 177 Å². The highest BCUT2D eigenvalue weighted by Gasteiger charge is 2.20.